The molecule has 0 radical (unpaired) electrons. The lowest BCUT2D eigenvalue weighted by molar-refractivity contribution is 0.587. The van der Waals surface area contributed by atoms with E-state index in [9.17, 15) is 0 Å². The second kappa shape index (κ2) is 5.06. The lowest BCUT2D eigenvalue weighted by atomic mass is 9.84. The molecule has 1 aliphatic rings. The highest BCUT2D eigenvalue weighted by atomic mass is 32.2. The number of benzene rings is 2. The smallest absolute Gasteiger partial charge is 0.0564 e. The van der Waals surface area contributed by atoms with Crippen molar-refractivity contribution < 1.29 is 0 Å². The third-order valence-corrected chi connectivity index (χ3v) is 5.26. The van der Waals surface area contributed by atoms with Crippen LogP contribution < -0.4 is 5.32 Å². The summed E-state index contributed by atoms with van der Waals surface area (Å²) in [5, 5.41) is 3.77. The molecule has 2 aromatic rings. The molecule has 22 heavy (non-hydrogen) atoms. The number of hydrogen-bond acceptors (Lipinski definition) is 2. The van der Waals surface area contributed by atoms with Crippen LogP contribution in [0.3, 0.4) is 0 Å². The van der Waals surface area contributed by atoms with Gasteiger partial charge in [0.05, 0.1) is 11.4 Å². The molecule has 0 aliphatic carbocycles. The third kappa shape index (κ3) is 2.65. The molecular weight excluding hydrogens is 286 g/mol. The van der Waals surface area contributed by atoms with Crippen LogP contribution in [-0.2, 0) is 10.8 Å². The van der Waals surface area contributed by atoms with Crippen LogP contribution in [0.5, 0.6) is 0 Å². The van der Waals surface area contributed by atoms with Gasteiger partial charge < -0.3 is 5.32 Å². The number of hydrogen-bond donors (Lipinski definition) is 1. The molecule has 1 nitrogen and oxygen atoms in total. The minimum absolute atomic E-state index is 0.132. The maximum absolute atomic E-state index is 3.77. The van der Waals surface area contributed by atoms with Gasteiger partial charge >= 0.3 is 0 Å². The highest BCUT2D eigenvalue weighted by Gasteiger charge is 2.28. The van der Waals surface area contributed by atoms with Crippen LogP contribution in [0.1, 0.15) is 52.7 Å². The number of nitrogens with one attached hydrogen (secondary N) is 1. The van der Waals surface area contributed by atoms with Gasteiger partial charge in [-0.05, 0) is 34.1 Å². The van der Waals surface area contributed by atoms with E-state index in [4.69, 9.17) is 0 Å². The Kier molecular flexibility index (Phi) is 3.56. The summed E-state index contributed by atoms with van der Waals surface area (Å²) in [5.41, 5.74) is 5.59. The summed E-state index contributed by atoms with van der Waals surface area (Å²) in [6, 6.07) is 13.3. The zero-order valence-corrected chi connectivity index (χ0v) is 15.2. The maximum atomic E-state index is 3.77. The van der Waals surface area contributed by atoms with Crippen LogP contribution in [0.15, 0.2) is 46.2 Å². The van der Waals surface area contributed by atoms with Crippen molar-refractivity contribution in [1.29, 1.82) is 0 Å². The monoisotopic (exact) mass is 311 g/mol. The maximum Gasteiger partial charge on any atom is 0.0564 e. The van der Waals surface area contributed by atoms with E-state index < -0.39 is 0 Å². The Bertz CT molecular complexity index is 656. The number of rotatable bonds is 0. The molecule has 0 unspecified atom stereocenters. The van der Waals surface area contributed by atoms with E-state index in [1.807, 2.05) is 11.8 Å². The Morgan fingerprint density at radius 3 is 1.45 bits per heavy atom. The minimum Gasteiger partial charge on any atom is -0.353 e. The molecule has 0 amide bonds. The van der Waals surface area contributed by atoms with E-state index >= 15 is 0 Å². The van der Waals surface area contributed by atoms with Crippen molar-refractivity contribution in [2.75, 3.05) is 5.32 Å². The largest absolute Gasteiger partial charge is 0.353 e. The summed E-state index contributed by atoms with van der Waals surface area (Å²) >= 11 is 1.88. The summed E-state index contributed by atoms with van der Waals surface area (Å²) in [6.45, 7) is 13.7. The van der Waals surface area contributed by atoms with Crippen molar-refractivity contribution >= 4 is 23.1 Å². The van der Waals surface area contributed by atoms with E-state index in [2.05, 4.69) is 83.3 Å². The Morgan fingerprint density at radius 2 is 1.09 bits per heavy atom. The van der Waals surface area contributed by atoms with E-state index in [0.717, 1.165) is 0 Å². The van der Waals surface area contributed by atoms with Gasteiger partial charge in [-0.25, -0.2) is 0 Å². The van der Waals surface area contributed by atoms with Crippen molar-refractivity contribution in [1.82, 2.24) is 0 Å². The predicted octanol–water partition coefficient (Wildman–Crippen LogP) is 6.49. The summed E-state index contributed by atoms with van der Waals surface area (Å²) < 4.78 is 0. The first-order chi connectivity index (χ1) is 10.2. The van der Waals surface area contributed by atoms with E-state index in [0.29, 0.717) is 0 Å². The SMILES string of the molecule is CC(C)(C)c1cccc2c1Nc1c(cccc1C(C)(C)C)S2. The molecule has 116 valence electrons. The molecule has 1 aliphatic heterocycles. The van der Waals surface area contributed by atoms with Crippen molar-refractivity contribution in [2.24, 2.45) is 0 Å². The Balaban J connectivity index is 2.17. The number of para-hydroxylation sites is 2. The van der Waals surface area contributed by atoms with Gasteiger partial charge in [-0.3, -0.25) is 0 Å². The second-order valence-corrected chi connectivity index (χ2v) is 9.17. The normalized spacial score (nSPS) is 14.1. The molecule has 0 spiro atoms. The zero-order chi connectivity index (χ0) is 16.1. The van der Waals surface area contributed by atoms with Crippen LogP contribution >= 0.6 is 11.8 Å². The fraction of sp³-hybridized carbons (Fsp3) is 0.400. The molecule has 0 atom stereocenters. The molecule has 1 heterocycles. The molecule has 2 heteroatoms. The molecular formula is C20H25NS. The van der Waals surface area contributed by atoms with E-state index in [-0.39, 0.29) is 10.8 Å². The fourth-order valence-electron chi connectivity index (χ4n) is 2.98. The highest BCUT2D eigenvalue weighted by molar-refractivity contribution is 7.99. The van der Waals surface area contributed by atoms with Gasteiger partial charge in [-0.1, -0.05) is 77.6 Å². The summed E-state index contributed by atoms with van der Waals surface area (Å²) in [4.78, 5) is 2.65. The van der Waals surface area contributed by atoms with E-state index in [1.165, 1.54) is 32.3 Å². The Hall–Kier alpha value is -1.41. The number of anilines is 2. The lowest BCUT2D eigenvalue weighted by Crippen LogP contribution is -2.19. The summed E-state index contributed by atoms with van der Waals surface area (Å²) in [5.74, 6) is 0. The molecule has 0 aromatic heterocycles. The van der Waals surface area contributed by atoms with Gasteiger partial charge in [0.15, 0.2) is 0 Å². The molecule has 3 rings (SSSR count). The topological polar surface area (TPSA) is 12.0 Å². The van der Waals surface area contributed by atoms with Crippen molar-refractivity contribution in [2.45, 2.75) is 62.2 Å². The quantitative estimate of drug-likeness (QED) is 0.509. The second-order valence-electron chi connectivity index (χ2n) is 8.08. The van der Waals surface area contributed by atoms with Gasteiger partial charge in [-0.15, -0.1) is 0 Å². The Morgan fingerprint density at radius 1 is 0.682 bits per heavy atom. The summed E-state index contributed by atoms with van der Waals surface area (Å²) in [6.07, 6.45) is 0. The first kappa shape index (κ1) is 15.5. The standard InChI is InChI=1S/C20H25NS/c1-19(2,3)13-9-7-11-15-17(13)21-18-14(20(4,5)6)10-8-12-16(18)22-15/h7-12,21H,1-6H3. The fourth-order valence-corrected chi connectivity index (χ4v) is 4.04. The lowest BCUT2D eigenvalue weighted by Gasteiger charge is -2.32. The van der Waals surface area contributed by atoms with Crippen LogP contribution in [0, 0.1) is 0 Å². The Labute approximate surface area is 138 Å². The molecule has 0 bridgehead atoms. The zero-order valence-electron chi connectivity index (χ0n) is 14.4. The van der Waals surface area contributed by atoms with Crippen LogP contribution in [0.25, 0.3) is 0 Å². The van der Waals surface area contributed by atoms with Crippen molar-refractivity contribution in [3.05, 3.63) is 47.5 Å². The third-order valence-electron chi connectivity index (χ3n) is 4.14. The first-order valence-corrected chi connectivity index (χ1v) is 8.71. The van der Waals surface area contributed by atoms with Gasteiger partial charge in [0.2, 0.25) is 0 Å². The van der Waals surface area contributed by atoms with Gasteiger partial charge in [0.25, 0.3) is 0 Å². The minimum atomic E-state index is 0.132. The average molecular weight is 311 g/mol. The summed E-state index contributed by atoms with van der Waals surface area (Å²) in [7, 11) is 0. The van der Waals surface area contributed by atoms with Gasteiger partial charge in [0, 0.05) is 9.79 Å². The van der Waals surface area contributed by atoms with E-state index in [1.54, 1.807) is 0 Å². The van der Waals surface area contributed by atoms with Gasteiger partial charge in [0.1, 0.15) is 0 Å². The molecule has 1 N–H and O–H groups in total. The highest BCUT2D eigenvalue weighted by Crippen LogP contribution is 2.50. The van der Waals surface area contributed by atoms with Gasteiger partial charge in [-0.2, -0.15) is 0 Å². The van der Waals surface area contributed by atoms with Crippen LogP contribution in [0.4, 0.5) is 11.4 Å². The molecule has 0 saturated heterocycles. The number of fused-ring (bicyclic) bond motifs is 2. The molecule has 2 aromatic carbocycles. The predicted molar refractivity (Wildman–Crippen MR) is 97.7 cm³/mol. The average Bonchev–Trinajstić information content (AvgIpc) is 2.41. The van der Waals surface area contributed by atoms with Crippen molar-refractivity contribution in [3.8, 4) is 0 Å². The van der Waals surface area contributed by atoms with Crippen LogP contribution in [-0.4, -0.2) is 0 Å². The first-order valence-electron chi connectivity index (χ1n) is 7.90. The molecule has 0 fully saturated rings. The molecule has 0 saturated carbocycles. The van der Waals surface area contributed by atoms with Crippen LogP contribution in [0.2, 0.25) is 0 Å². The van der Waals surface area contributed by atoms with Crippen molar-refractivity contribution in [3.63, 3.8) is 0 Å².